The lowest BCUT2D eigenvalue weighted by Crippen LogP contribution is -2.39. The van der Waals surface area contributed by atoms with E-state index in [4.69, 9.17) is 0 Å². The van der Waals surface area contributed by atoms with Crippen molar-refractivity contribution in [3.63, 3.8) is 0 Å². The highest BCUT2D eigenvalue weighted by atomic mass is 16.3. The summed E-state index contributed by atoms with van der Waals surface area (Å²) in [6.07, 6.45) is 4.52. The zero-order valence-corrected chi connectivity index (χ0v) is 11.0. The highest BCUT2D eigenvalue weighted by molar-refractivity contribution is 5.92. The Morgan fingerprint density at radius 3 is 2.25 bits per heavy atom. The van der Waals surface area contributed by atoms with Crippen LogP contribution < -0.4 is 5.32 Å². The summed E-state index contributed by atoms with van der Waals surface area (Å²) in [6, 6.07) is 0. The Morgan fingerprint density at radius 2 is 1.88 bits per heavy atom. The van der Waals surface area contributed by atoms with E-state index in [-0.39, 0.29) is 17.9 Å². The fourth-order valence-corrected chi connectivity index (χ4v) is 1.59. The Balaban J connectivity index is 4.32. The van der Waals surface area contributed by atoms with Crippen LogP contribution in [0.5, 0.6) is 0 Å². The van der Waals surface area contributed by atoms with Gasteiger partial charge in [0, 0.05) is 17.5 Å². The number of hydrogen-bond donors (Lipinski definition) is 2. The molecule has 0 aliphatic heterocycles. The van der Waals surface area contributed by atoms with E-state index in [9.17, 15) is 9.90 Å². The van der Waals surface area contributed by atoms with Gasteiger partial charge in [0.25, 0.3) is 0 Å². The van der Waals surface area contributed by atoms with Crippen molar-refractivity contribution in [1.29, 1.82) is 0 Å². The van der Waals surface area contributed by atoms with Gasteiger partial charge in [-0.1, -0.05) is 26.8 Å². The minimum atomic E-state index is -0.165. The van der Waals surface area contributed by atoms with E-state index in [0.717, 1.165) is 24.8 Å². The molecule has 3 nitrogen and oxygen atoms in total. The Bertz CT molecular complexity index is 234. The molecule has 0 aliphatic carbocycles. The van der Waals surface area contributed by atoms with Gasteiger partial charge in [0.1, 0.15) is 0 Å². The van der Waals surface area contributed by atoms with E-state index >= 15 is 0 Å². The fourth-order valence-electron chi connectivity index (χ4n) is 1.59. The number of aliphatic hydroxyl groups is 1. The minimum Gasteiger partial charge on any atom is -0.396 e. The standard InChI is InChI=1S/C13H25NO2/c1-5-8-11(4)12(16)14-9-13(6-2,7-3)10-15/h8,15H,5-7,9-10H2,1-4H3,(H,14,16)/b11-8-. The first-order valence-electron chi connectivity index (χ1n) is 6.11. The van der Waals surface area contributed by atoms with Crippen LogP contribution in [0.3, 0.4) is 0 Å². The summed E-state index contributed by atoms with van der Waals surface area (Å²) in [6.45, 7) is 8.58. The topological polar surface area (TPSA) is 49.3 Å². The van der Waals surface area contributed by atoms with Crippen molar-refractivity contribution in [1.82, 2.24) is 5.32 Å². The minimum absolute atomic E-state index is 0.0263. The third-order valence-corrected chi connectivity index (χ3v) is 3.33. The van der Waals surface area contributed by atoms with Crippen molar-refractivity contribution in [2.45, 2.75) is 47.0 Å². The Hall–Kier alpha value is -0.830. The molecule has 0 fully saturated rings. The molecule has 16 heavy (non-hydrogen) atoms. The molecule has 0 atom stereocenters. The molecule has 0 aromatic carbocycles. The number of carbonyl (C=O) groups excluding carboxylic acids is 1. The molecule has 2 N–H and O–H groups in total. The monoisotopic (exact) mass is 227 g/mol. The van der Waals surface area contributed by atoms with Crippen molar-refractivity contribution < 1.29 is 9.90 Å². The molecular weight excluding hydrogens is 202 g/mol. The second kappa shape index (κ2) is 7.44. The zero-order valence-electron chi connectivity index (χ0n) is 11.0. The summed E-state index contributed by atoms with van der Waals surface area (Å²) in [5.74, 6) is -0.0263. The van der Waals surface area contributed by atoms with E-state index < -0.39 is 0 Å². The van der Waals surface area contributed by atoms with Crippen LogP contribution >= 0.6 is 0 Å². The molecule has 0 saturated carbocycles. The van der Waals surface area contributed by atoms with E-state index in [1.807, 2.05) is 33.8 Å². The van der Waals surface area contributed by atoms with Crippen LogP contribution in [0, 0.1) is 5.41 Å². The third-order valence-electron chi connectivity index (χ3n) is 3.33. The number of nitrogens with one attached hydrogen (secondary N) is 1. The first-order chi connectivity index (χ1) is 7.55. The van der Waals surface area contributed by atoms with Crippen LogP contribution in [0.2, 0.25) is 0 Å². The molecule has 0 bridgehead atoms. The summed E-state index contributed by atoms with van der Waals surface area (Å²) < 4.78 is 0. The number of allylic oxidation sites excluding steroid dienone is 1. The van der Waals surface area contributed by atoms with Gasteiger partial charge >= 0.3 is 0 Å². The molecule has 0 unspecified atom stereocenters. The molecule has 3 heteroatoms. The Labute approximate surface area is 98.9 Å². The van der Waals surface area contributed by atoms with Gasteiger partial charge in [-0.15, -0.1) is 0 Å². The van der Waals surface area contributed by atoms with Gasteiger partial charge in [-0.25, -0.2) is 0 Å². The number of hydrogen-bond acceptors (Lipinski definition) is 2. The van der Waals surface area contributed by atoms with E-state index in [1.165, 1.54) is 0 Å². The summed E-state index contributed by atoms with van der Waals surface area (Å²) >= 11 is 0. The fraction of sp³-hybridized carbons (Fsp3) is 0.769. The maximum Gasteiger partial charge on any atom is 0.246 e. The molecule has 94 valence electrons. The van der Waals surface area contributed by atoms with E-state index in [1.54, 1.807) is 0 Å². The summed E-state index contributed by atoms with van der Waals surface area (Å²) in [7, 11) is 0. The predicted molar refractivity (Wildman–Crippen MR) is 67.2 cm³/mol. The van der Waals surface area contributed by atoms with Crippen molar-refractivity contribution in [3.05, 3.63) is 11.6 Å². The van der Waals surface area contributed by atoms with Crippen LogP contribution in [0.1, 0.15) is 47.0 Å². The molecule has 0 radical (unpaired) electrons. The van der Waals surface area contributed by atoms with Gasteiger partial charge < -0.3 is 10.4 Å². The van der Waals surface area contributed by atoms with Gasteiger partial charge in [-0.05, 0) is 26.2 Å². The highest BCUT2D eigenvalue weighted by Crippen LogP contribution is 2.24. The molecule has 0 aromatic heterocycles. The van der Waals surface area contributed by atoms with Gasteiger partial charge in [0.05, 0.1) is 6.61 Å². The van der Waals surface area contributed by atoms with Gasteiger partial charge in [0.2, 0.25) is 5.91 Å². The van der Waals surface area contributed by atoms with Crippen LogP contribution in [0.4, 0.5) is 0 Å². The maximum absolute atomic E-state index is 11.7. The van der Waals surface area contributed by atoms with Gasteiger partial charge in [-0.3, -0.25) is 4.79 Å². The van der Waals surface area contributed by atoms with E-state index in [0.29, 0.717) is 6.54 Å². The first-order valence-corrected chi connectivity index (χ1v) is 6.11. The van der Waals surface area contributed by atoms with Crippen molar-refractivity contribution >= 4 is 5.91 Å². The Morgan fingerprint density at radius 1 is 1.31 bits per heavy atom. The molecule has 0 spiro atoms. The summed E-state index contributed by atoms with van der Waals surface area (Å²) in [5.41, 5.74) is 0.587. The van der Waals surface area contributed by atoms with Gasteiger partial charge in [-0.2, -0.15) is 0 Å². The third kappa shape index (κ3) is 4.35. The zero-order chi connectivity index (χ0) is 12.6. The van der Waals surface area contributed by atoms with Crippen LogP contribution in [-0.4, -0.2) is 24.2 Å². The average molecular weight is 227 g/mol. The van der Waals surface area contributed by atoms with Crippen LogP contribution in [-0.2, 0) is 4.79 Å². The number of rotatable bonds is 7. The highest BCUT2D eigenvalue weighted by Gasteiger charge is 2.25. The molecule has 0 saturated heterocycles. The lowest BCUT2D eigenvalue weighted by molar-refractivity contribution is -0.118. The Kier molecular flexibility index (Phi) is 7.06. The smallest absolute Gasteiger partial charge is 0.246 e. The van der Waals surface area contributed by atoms with Crippen LogP contribution in [0.15, 0.2) is 11.6 Å². The largest absolute Gasteiger partial charge is 0.396 e. The molecule has 0 heterocycles. The number of aliphatic hydroxyl groups excluding tert-OH is 1. The SMILES string of the molecule is CC/C=C(/C)C(=O)NCC(CC)(CC)CO. The maximum atomic E-state index is 11.7. The molecule has 0 aromatic rings. The number of carbonyl (C=O) groups is 1. The first kappa shape index (κ1) is 15.2. The molecule has 0 rings (SSSR count). The average Bonchev–Trinajstić information content (AvgIpc) is 2.31. The normalized spacial score (nSPS) is 12.7. The van der Waals surface area contributed by atoms with Crippen molar-refractivity contribution in [3.8, 4) is 0 Å². The quantitative estimate of drug-likeness (QED) is 0.655. The molecule has 1 amide bonds. The van der Waals surface area contributed by atoms with Gasteiger partial charge in [0.15, 0.2) is 0 Å². The van der Waals surface area contributed by atoms with Crippen molar-refractivity contribution in [2.75, 3.05) is 13.2 Å². The second-order valence-electron chi connectivity index (χ2n) is 4.34. The lowest BCUT2D eigenvalue weighted by atomic mass is 9.83. The van der Waals surface area contributed by atoms with Crippen molar-refractivity contribution in [2.24, 2.45) is 5.41 Å². The predicted octanol–water partition coefficient (Wildman–Crippen LogP) is 2.26. The second-order valence-corrected chi connectivity index (χ2v) is 4.34. The number of amides is 1. The molecular formula is C13H25NO2. The van der Waals surface area contributed by atoms with Crippen LogP contribution in [0.25, 0.3) is 0 Å². The molecule has 0 aliphatic rings. The van der Waals surface area contributed by atoms with E-state index in [2.05, 4.69) is 5.32 Å². The summed E-state index contributed by atoms with van der Waals surface area (Å²) in [5, 5.41) is 12.3. The lowest BCUT2D eigenvalue weighted by Gasteiger charge is -2.29. The summed E-state index contributed by atoms with van der Waals surface area (Å²) in [4.78, 5) is 11.7.